The summed E-state index contributed by atoms with van der Waals surface area (Å²) in [7, 11) is 0. The topological polar surface area (TPSA) is 58.7 Å². The van der Waals surface area contributed by atoms with Crippen LogP contribution in [0.25, 0.3) is 0 Å². The van der Waals surface area contributed by atoms with E-state index in [0.29, 0.717) is 5.92 Å². The van der Waals surface area contributed by atoms with E-state index in [1.807, 2.05) is 30.5 Å². The third kappa shape index (κ3) is 5.11. The summed E-state index contributed by atoms with van der Waals surface area (Å²) < 4.78 is 0. The van der Waals surface area contributed by atoms with E-state index in [1.165, 1.54) is 23.4 Å². The van der Waals surface area contributed by atoms with Gasteiger partial charge in [-0.3, -0.25) is 15.1 Å². The minimum Gasteiger partial charge on any atom is -0.366 e. The van der Waals surface area contributed by atoms with Crippen LogP contribution in [0.4, 0.5) is 17.1 Å². The molecule has 0 aliphatic carbocycles. The van der Waals surface area contributed by atoms with Crippen LogP contribution in [0.1, 0.15) is 51.2 Å². The largest absolute Gasteiger partial charge is 0.366 e. The van der Waals surface area contributed by atoms with Crippen LogP contribution in [0.2, 0.25) is 0 Å². The maximum atomic E-state index is 10.8. The number of hydrogen-bond donors (Lipinski definition) is 0. The van der Waals surface area contributed by atoms with Crippen molar-refractivity contribution in [1.82, 2.24) is 0 Å². The molecular weight excluding hydrogens is 430 g/mol. The Morgan fingerprint density at radius 1 is 1.09 bits per heavy atom. The zero-order chi connectivity index (χ0) is 23.6. The van der Waals surface area contributed by atoms with Crippen molar-refractivity contribution in [2.24, 2.45) is 4.99 Å². The Labute approximate surface area is 199 Å². The number of benzene rings is 3. The molecule has 33 heavy (non-hydrogen) atoms. The summed E-state index contributed by atoms with van der Waals surface area (Å²) in [6.45, 7) is 10.2. The Bertz CT molecular complexity index is 1170. The molecule has 0 N–H and O–H groups in total. The Morgan fingerprint density at radius 2 is 1.73 bits per heavy atom. The summed E-state index contributed by atoms with van der Waals surface area (Å²) in [4.78, 5) is 19.6. The Hall–Kier alpha value is -3.12. The number of nitro groups is 1. The summed E-state index contributed by atoms with van der Waals surface area (Å²) in [6.07, 6.45) is 3.07. The maximum Gasteiger partial charge on any atom is 0.269 e. The van der Waals surface area contributed by atoms with Crippen LogP contribution in [0.3, 0.4) is 0 Å². The van der Waals surface area contributed by atoms with Crippen LogP contribution < -0.4 is 4.90 Å². The van der Waals surface area contributed by atoms with Crippen LogP contribution >= 0.6 is 11.8 Å². The summed E-state index contributed by atoms with van der Waals surface area (Å²) in [5.41, 5.74) is 5.02. The molecule has 1 aliphatic heterocycles. The fourth-order valence-corrected chi connectivity index (χ4v) is 5.53. The molecule has 1 unspecified atom stereocenters. The Kier molecular flexibility index (Phi) is 6.56. The van der Waals surface area contributed by atoms with Gasteiger partial charge in [-0.1, -0.05) is 24.8 Å². The predicted octanol–water partition coefficient (Wildman–Crippen LogP) is 7.61. The molecule has 0 aromatic heterocycles. The lowest BCUT2D eigenvalue weighted by Gasteiger charge is -2.47. The van der Waals surface area contributed by atoms with Gasteiger partial charge in [0, 0.05) is 45.9 Å². The maximum absolute atomic E-state index is 10.8. The van der Waals surface area contributed by atoms with Crippen molar-refractivity contribution in [2.75, 3.05) is 11.4 Å². The van der Waals surface area contributed by atoms with Crippen LogP contribution in [-0.4, -0.2) is 23.2 Å². The molecule has 0 bridgehead atoms. The van der Waals surface area contributed by atoms with Crippen molar-refractivity contribution in [2.45, 2.75) is 55.4 Å². The molecule has 3 aromatic carbocycles. The van der Waals surface area contributed by atoms with Gasteiger partial charge in [0.25, 0.3) is 5.69 Å². The molecule has 0 spiro atoms. The number of anilines is 1. The lowest BCUT2D eigenvalue weighted by molar-refractivity contribution is -0.384. The first-order valence-electron chi connectivity index (χ1n) is 11.2. The fraction of sp³-hybridized carbons (Fsp3) is 0.296. The third-order valence-electron chi connectivity index (χ3n) is 6.21. The molecule has 1 atom stereocenters. The monoisotopic (exact) mass is 459 g/mol. The van der Waals surface area contributed by atoms with Crippen molar-refractivity contribution in [3.8, 4) is 0 Å². The molecule has 0 saturated carbocycles. The second-order valence-corrected chi connectivity index (χ2v) is 10.2. The zero-order valence-electron chi connectivity index (χ0n) is 19.5. The van der Waals surface area contributed by atoms with Gasteiger partial charge in [0.15, 0.2) is 0 Å². The number of rotatable bonds is 6. The van der Waals surface area contributed by atoms with Crippen molar-refractivity contribution < 1.29 is 4.92 Å². The van der Waals surface area contributed by atoms with Gasteiger partial charge in [-0.15, -0.1) is 0 Å². The second kappa shape index (κ2) is 9.40. The summed E-state index contributed by atoms with van der Waals surface area (Å²) in [6, 6.07) is 21.3. The smallest absolute Gasteiger partial charge is 0.269 e. The molecule has 6 heteroatoms. The fourth-order valence-electron chi connectivity index (χ4n) is 4.71. The van der Waals surface area contributed by atoms with E-state index >= 15 is 0 Å². The second-order valence-electron chi connectivity index (χ2n) is 9.09. The van der Waals surface area contributed by atoms with Crippen molar-refractivity contribution in [1.29, 1.82) is 0 Å². The first-order chi connectivity index (χ1) is 15.8. The number of aliphatic imine (C=N–C) groups is 1. The van der Waals surface area contributed by atoms with Gasteiger partial charge >= 0.3 is 0 Å². The van der Waals surface area contributed by atoms with E-state index in [4.69, 9.17) is 0 Å². The Balaban J connectivity index is 1.46. The highest BCUT2D eigenvalue weighted by Gasteiger charge is 2.35. The van der Waals surface area contributed by atoms with Crippen molar-refractivity contribution in [3.05, 3.63) is 88.0 Å². The van der Waals surface area contributed by atoms with Gasteiger partial charge in [-0.2, -0.15) is 0 Å². The number of non-ortho nitro benzene ring substituents is 1. The summed E-state index contributed by atoms with van der Waals surface area (Å²) in [5, 5.41) is 10.8. The van der Waals surface area contributed by atoms with Gasteiger partial charge < -0.3 is 4.90 Å². The zero-order valence-corrected chi connectivity index (χ0v) is 20.3. The van der Waals surface area contributed by atoms with E-state index in [2.05, 4.69) is 55.8 Å². The van der Waals surface area contributed by atoms with Gasteiger partial charge in [-0.05, 0) is 92.8 Å². The minimum absolute atomic E-state index is 0.103. The molecule has 0 radical (unpaired) electrons. The molecule has 1 heterocycles. The molecule has 1 aliphatic rings. The number of nitrogens with zero attached hydrogens (tertiary/aromatic N) is 3. The lowest BCUT2D eigenvalue weighted by atomic mass is 9.79. The van der Waals surface area contributed by atoms with Crippen molar-refractivity contribution >= 4 is 35.0 Å². The molecule has 3 aromatic rings. The third-order valence-corrected chi connectivity index (χ3v) is 7.22. The van der Waals surface area contributed by atoms with Crippen LogP contribution in [0.15, 0.2) is 81.5 Å². The van der Waals surface area contributed by atoms with Gasteiger partial charge in [-0.25, -0.2) is 0 Å². The molecular formula is C27H29N3O2S. The summed E-state index contributed by atoms with van der Waals surface area (Å²) in [5.74, 6) is 0.516. The molecule has 0 amide bonds. The van der Waals surface area contributed by atoms with Gasteiger partial charge in [0.1, 0.15) is 0 Å². The SMILES string of the molecule is CCN1c2ccc(C=Nc3ccc(Sc4ccc([N+](=O)[O-])cc4)cc3)cc2C(C)CC1(C)C. The van der Waals surface area contributed by atoms with Crippen LogP contribution in [0.5, 0.6) is 0 Å². The average molecular weight is 460 g/mol. The summed E-state index contributed by atoms with van der Waals surface area (Å²) >= 11 is 1.57. The lowest BCUT2D eigenvalue weighted by Crippen LogP contribution is -2.48. The Morgan fingerprint density at radius 3 is 2.33 bits per heavy atom. The molecule has 0 saturated heterocycles. The van der Waals surface area contributed by atoms with E-state index in [1.54, 1.807) is 23.9 Å². The van der Waals surface area contributed by atoms with E-state index in [0.717, 1.165) is 34.0 Å². The van der Waals surface area contributed by atoms with Gasteiger partial charge in [0.05, 0.1) is 10.6 Å². The number of nitro benzene ring substituents is 1. The number of fused-ring (bicyclic) bond motifs is 1. The first kappa shape index (κ1) is 23.1. The number of hydrogen-bond acceptors (Lipinski definition) is 5. The minimum atomic E-state index is -0.384. The molecule has 5 nitrogen and oxygen atoms in total. The normalized spacial score (nSPS) is 17.2. The van der Waals surface area contributed by atoms with Gasteiger partial charge in [0.2, 0.25) is 0 Å². The van der Waals surface area contributed by atoms with E-state index in [9.17, 15) is 10.1 Å². The van der Waals surface area contributed by atoms with E-state index in [-0.39, 0.29) is 16.1 Å². The van der Waals surface area contributed by atoms with Crippen LogP contribution in [0, 0.1) is 10.1 Å². The highest BCUT2D eigenvalue weighted by atomic mass is 32.2. The quantitative estimate of drug-likeness (QED) is 0.216. The van der Waals surface area contributed by atoms with E-state index < -0.39 is 0 Å². The molecule has 0 fully saturated rings. The molecule has 4 rings (SSSR count). The van der Waals surface area contributed by atoms with Crippen LogP contribution in [-0.2, 0) is 0 Å². The highest BCUT2D eigenvalue weighted by Crippen LogP contribution is 2.43. The van der Waals surface area contributed by atoms with Crippen molar-refractivity contribution in [3.63, 3.8) is 0 Å². The highest BCUT2D eigenvalue weighted by molar-refractivity contribution is 7.99. The average Bonchev–Trinajstić information content (AvgIpc) is 2.79. The predicted molar refractivity (Wildman–Crippen MR) is 137 cm³/mol. The first-order valence-corrected chi connectivity index (χ1v) is 12.1. The standard InChI is InChI=1S/C27H29N3O2S/c1-5-29-26-15-6-20(16-25(26)19(2)17-27(29,3)4)18-28-21-7-11-23(12-8-21)33-24-13-9-22(10-14-24)30(31)32/h6-16,18-19H,5,17H2,1-4H3. The molecule has 170 valence electrons.